The lowest BCUT2D eigenvalue weighted by Gasteiger charge is -2.32. The number of carbonyl (C=O) groups is 1. The first-order chi connectivity index (χ1) is 9.16. The maximum absolute atomic E-state index is 11.3. The van der Waals surface area contributed by atoms with Crippen molar-refractivity contribution in [2.45, 2.75) is 38.6 Å². The van der Waals surface area contributed by atoms with Crippen LogP contribution in [0.5, 0.6) is 0 Å². The molecule has 2 rings (SSSR count). The minimum Gasteiger partial charge on any atom is -0.343 e. The third-order valence-corrected chi connectivity index (χ3v) is 4.02. The van der Waals surface area contributed by atoms with Crippen LogP contribution >= 0.6 is 0 Å². The van der Waals surface area contributed by atoms with E-state index in [1.54, 1.807) is 6.92 Å². The van der Waals surface area contributed by atoms with Crippen molar-refractivity contribution in [3.05, 3.63) is 35.9 Å². The first-order valence-corrected chi connectivity index (χ1v) is 7.20. The molecule has 0 bridgehead atoms. The van der Waals surface area contributed by atoms with Crippen molar-refractivity contribution >= 4 is 5.91 Å². The molecule has 1 aliphatic rings. The first kappa shape index (κ1) is 14.1. The number of rotatable bonds is 4. The van der Waals surface area contributed by atoms with Crippen molar-refractivity contribution in [3.63, 3.8) is 0 Å². The molecule has 1 aliphatic heterocycles. The van der Waals surface area contributed by atoms with Crippen LogP contribution in [-0.4, -0.2) is 36.5 Å². The number of hydrogen-bond donors (Lipinski definition) is 1. The molecule has 1 heterocycles. The average molecular weight is 260 g/mol. The van der Waals surface area contributed by atoms with Crippen LogP contribution in [0.25, 0.3) is 0 Å². The molecule has 1 aromatic rings. The highest BCUT2D eigenvalue weighted by Crippen LogP contribution is 2.15. The van der Waals surface area contributed by atoms with Crippen LogP contribution in [0.4, 0.5) is 0 Å². The van der Waals surface area contributed by atoms with Crippen LogP contribution < -0.4 is 5.32 Å². The highest BCUT2D eigenvalue weighted by molar-refractivity contribution is 5.73. The molecule has 3 heteroatoms. The Bertz CT molecular complexity index is 396. The summed E-state index contributed by atoms with van der Waals surface area (Å²) in [5, 5.41) is 3.64. The lowest BCUT2D eigenvalue weighted by Crippen LogP contribution is -2.44. The fourth-order valence-electron chi connectivity index (χ4n) is 2.64. The van der Waals surface area contributed by atoms with Gasteiger partial charge in [-0.15, -0.1) is 0 Å². The summed E-state index contributed by atoms with van der Waals surface area (Å²) < 4.78 is 0. The first-order valence-electron chi connectivity index (χ1n) is 7.20. The van der Waals surface area contributed by atoms with E-state index in [4.69, 9.17) is 0 Å². The van der Waals surface area contributed by atoms with Gasteiger partial charge in [-0.3, -0.25) is 4.79 Å². The molecule has 1 N–H and O–H groups in total. The van der Waals surface area contributed by atoms with E-state index in [1.807, 2.05) is 4.90 Å². The van der Waals surface area contributed by atoms with E-state index in [-0.39, 0.29) is 5.91 Å². The zero-order valence-corrected chi connectivity index (χ0v) is 11.9. The Balaban J connectivity index is 1.73. The molecule has 19 heavy (non-hydrogen) atoms. The summed E-state index contributed by atoms with van der Waals surface area (Å²) in [4.78, 5) is 13.2. The molecule has 1 saturated heterocycles. The van der Waals surface area contributed by atoms with Gasteiger partial charge < -0.3 is 10.2 Å². The summed E-state index contributed by atoms with van der Waals surface area (Å²) in [5.74, 6) is 0.739. The second kappa shape index (κ2) is 6.71. The molecule has 1 unspecified atom stereocenters. The molecule has 1 aromatic carbocycles. The summed E-state index contributed by atoms with van der Waals surface area (Å²) in [5.41, 5.74) is 1.39. The molecular formula is C16H24N2O. The topological polar surface area (TPSA) is 32.3 Å². The van der Waals surface area contributed by atoms with Crippen LogP contribution in [0, 0.1) is 0 Å². The summed E-state index contributed by atoms with van der Waals surface area (Å²) in [7, 11) is 0. The number of likely N-dealkylation sites (tertiary alicyclic amines) is 1. The van der Waals surface area contributed by atoms with E-state index in [0.717, 1.165) is 32.5 Å². The van der Waals surface area contributed by atoms with Gasteiger partial charge >= 0.3 is 0 Å². The SMILES string of the molecule is CC(=O)N1CCC(NCC(C)c2ccccc2)CC1. The Morgan fingerprint density at radius 2 is 1.95 bits per heavy atom. The normalized spacial score (nSPS) is 18.3. The van der Waals surface area contributed by atoms with Crippen molar-refractivity contribution in [2.75, 3.05) is 19.6 Å². The lowest BCUT2D eigenvalue weighted by atomic mass is 9.99. The molecule has 1 atom stereocenters. The Morgan fingerprint density at radius 3 is 2.53 bits per heavy atom. The molecule has 104 valence electrons. The van der Waals surface area contributed by atoms with Gasteiger partial charge in [0, 0.05) is 32.6 Å². The number of piperidine rings is 1. The van der Waals surface area contributed by atoms with E-state index < -0.39 is 0 Å². The number of amides is 1. The van der Waals surface area contributed by atoms with Gasteiger partial charge in [-0.2, -0.15) is 0 Å². The van der Waals surface area contributed by atoms with Gasteiger partial charge in [0.2, 0.25) is 5.91 Å². The fourth-order valence-corrected chi connectivity index (χ4v) is 2.64. The minimum atomic E-state index is 0.205. The second-order valence-corrected chi connectivity index (χ2v) is 5.50. The maximum atomic E-state index is 11.3. The molecule has 0 aromatic heterocycles. The molecule has 0 radical (unpaired) electrons. The highest BCUT2D eigenvalue weighted by Gasteiger charge is 2.20. The molecule has 1 fully saturated rings. The number of benzene rings is 1. The predicted molar refractivity (Wildman–Crippen MR) is 78.1 cm³/mol. The Hall–Kier alpha value is -1.35. The summed E-state index contributed by atoms with van der Waals surface area (Å²) >= 11 is 0. The molecule has 0 spiro atoms. The van der Waals surface area contributed by atoms with Gasteiger partial charge in [0.15, 0.2) is 0 Å². The maximum Gasteiger partial charge on any atom is 0.219 e. The Kier molecular flexibility index (Phi) is 4.97. The quantitative estimate of drug-likeness (QED) is 0.901. The van der Waals surface area contributed by atoms with Gasteiger partial charge in [0.05, 0.1) is 0 Å². The monoisotopic (exact) mass is 260 g/mol. The zero-order chi connectivity index (χ0) is 13.7. The van der Waals surface area contributed by atoms with Crippen LogP contribution in [0.1, 0.15) is 38.2 Å². The van der Waals surface area contributed by atoms with Crippen molar-refractivity contribution in [3.8, 4) is 0 Å². The van der Waals surface area contributed by atoms with Crippen molar-refractivity contribution in [1.82, 2.24) is 10.2 Å². The van der Waals surface area contributed by atoms with Crippen LogP contribution in [0.3, 0.4) is 0 Å². The summed E-state index contributed by atoms with van der Waals surface area (Å²) in [6, 6.07) is 11.2. The van der Waals surface area contributed by atoms with Crippen LogP contribution in [0.15, 0.2) is 30.3 Å². The van der Waals surface area contributed by atoms with E-state index in [1.165, 1.54) is 5.56 Å². The number of hydrogen-bond acceptors (Lipinski definition) is 2. The lowest BCUT2D eigenvalue weighted by molar-refractivity contribution is -0.129. The van der Waals surface area contributed by atoms with Crippen molar-refractivity contribution in [2.24, 2.45) is 0 Å². The van der Waals surface area contributed by atoms with Gasteiger partial charge in [-0.25, -0.2) is 0 Å². The molecule has 0 saturated carbocycles. The minimum absolute atomic E-state index is 0.205. The largest absolute Gasteiger partial charge is 0.343 e. The van der Waals surface area contributed by atoms with Crippen molar-refractivity contribution < 1.29 is 4.79 Å². The smallest absolute Gasteiger partial charge is 0.219 e. The van der Waals surface area contributed by atoms with Crippen LogP contribution in [-0.2, 0) is 4.79 Å². The number of carbonyl (C=O) groups excluding carboxylic acids is 1. The van der Waals surface area contributed by atoms with E-state index in [0.29, 0.717) is 12.0 Å². The molecule has 1 amide bonds. The van der Waals surface area contributed by atoms with Crippen LogP contribution in [0.2, 0.25) is 0 Å². The van der Waals surface area contributed by atoms with Gasteiger partial charge in [-0.05, 0) is 24.3 Å². The molecule has 0 aliphatic carbocycles. The van der Waals surface area contributed by atoms with E-state index in [2.05, 4.69) is 42.6 Å². The van der Waals surface area contributed by atoms with Gasteiger partial charge in [0.25, 0.3) is 0 Å². The highest BCUT2D eigenvalue weighted by atomic mass is 16.2. The number of nitrogens with zero attached hydrogens (tertiary/aromatic N) is 1. The third kappa shape index (κ3) is 4.06. The Morgan fingerprint density at radius 1 is 1.32 bits per heavy atom. The van der Waals surface area contributed by atoms with Gasteiger partial charge in [0.1, 0.15) is 0 Å². The molecule has 3 nitrogen and oxygen atoms in total. The number of nitrogens with one attached hydrogen (secondary N) is 1. The summed E-state index contributed by atoms with van der Waals surface area (Å²) in [6.07, 6.45) is 2.14. The Labute approximate surface area is 116 Å². The predicted octanol–water partition coefficient (Wildman–Crippen LogP) is 2.39. The van der Waals surface area contributed by atoms with E-state index in [9.17, 15) is 4.79 Å². The summed E-state index contributed by atoms with van der Waals surface area (Å²) in [6.45, 7) is 6.71. The zero-order valence-electron chi connectivity index (χ0n) is 11.9. The van der Waals surface area contributed by atoms with Gasteiger partial charge in [-0.1, -0.05) is 37.3 Å². The standard InChI is InChI=1S/C16H24N2O/c1-13(15-6-4-3-5-7-15)12-17-16-8-10-18(11-9-16)14(2)19/h3-7,13,16-17H,8-12H2,1-2H3. The fraction of sp³-hybridized carbons (Fsp3) is 0.562. The third-order valence-electron chi connectivity index (χ3n) is 4.02. The van der Waals surface area contributed by atoms with Crippen molar-refractivity contribution in [1.29, 1.82) is 0 Å². The average Bonchev–Trinajstić information content (AvgIpc) is 2.46. The van der Waals surface area contributed by atoms with E-state index >= 15 is 0 Å². The molecular weight excluding hydrogens is 236 g/mol. The second-order valence-electron chi connectivity index (χ2n) is 5.50.